The number of aliphatic carboxylic acids is 1. The molecule has 4 bridgehead atoms. The van der Waals surface area contributed by atoms with Crippen molar-refractivity contribution in [3.8, 4) is 0 Å². The lowest BCUT2D eigenvalue weighted by atomic mass is 9.85. The molecule has 0 aromatic carbocycles. The fraction of sp³-hybridized carbons (Fsp3) is 0.625. The number of allylic oxidation sites excluding steroid dienone is 4. The normalized spacial score (nSPS) is 41.4. The number of hydrogen-bond acceptors (Lipinski definition) is 5. The average Bonchev–Trinajstić information content (AvgIpc) is 3.58. The van der Waals surface area contributed by atoms with E-state index in [4.69, 9.17) is 0 Å². The lowest BCUT2D eigenvalue weighted by molar-refractivity contribution is -0.155. The van der Waals surface area contributed by atoms with Crippen LogP contribution in [0.15, 0.2) is 24.3 Å². The van der Waals surface area contributed by atoms with Gasteiger partial charge in [-0.05, 0) is 55.8 Å². The highest BCUT2D eigenvalue weighted by molar-refractivity contribution is 6.09. The molecule has 4 aliphatic carbocycles. The van der Waals surface area contributed by atoms with Crippen LogP contribution in [0.3, 0.4) is 0 Å². The fourth-order valence-corrected chi connectivity index (χ4v) is 7.39. The van der Waals surface area contributed by atoms with Crippen molar-refractivity contribution in [1.29, 1.82) is 0 Å². The van der Waals surface area contributed by atoms with E-state index in [1.54, 1.807) is 0 Å². The minimum Gasteiger partial charge on any atom is -0.480 e. The predicted octanol–water partition coefficient (Wildman–Crippen LogP) is 1.22. The van der Waals surface area contributed by atoms with E-state index < -0.39 is 23.8 Å². The zero-order valence-electron chi connectivity index (χ0n) is 17.6. The Morgan fingerprint density at radius 1 is 0.781 bits per heavy atom. The number of amides is 4. The van der Waals surface area contributed by atoms with Crippen molar-refractivity contribution in [3.05, 3.63) is 24.3 Å². The molecule has 1 N–H and O–H groups in total. The third-order valence-electron chi connectivity index (χ3n) is 8.77. The smallest absolute Gasteiger partial charge is 0.326 e. The summed E-state index contributed by atoms with van der Waals surface area (Å²) in [4.78, 5) is 65.7. The van der Waals surface area contributed by atoms with Crippen LogP contribution in [0.4, 0.5) is 0 Å². The number of unbranched alkanes of at least 4 members (excludes halogenated alkanes) is 1. The lowest BCUT2D eigenvalue weighted by Gasteiger charge is -2.25. The topological polar surface area (TPSA) is 112 Å². The van der Waals surface area contributed by atoms with Crippen molar-refractivity contribution >= 4 is 29.6 Å². The maximum atomic E-state index is 12.9. The van der Waals surface area contributed by atoms with Gasteiger partial charge in [-0.1, -0.05) is 24.3 Å². The second-order valence-corrected chi connectivity index (χ2v) is 10.2. The SMILES string of the molecule is O=C(O)[C@H](CCCCN1C(=O)[C@@H]2[C@H](C1=O)[C@H]1C=C[C@H]2C1)N1C(=O)[C@@H]2[C@H](C1=O)[C@H]1C=C[C@H]2C1. The summed E-state index contributed by atoms with van der Waals surface area (Å²) in [6.07, 6.45) is 10.8. The molecule has 2 saturated heterocycles. The van der Waals surface area contributed by atoms with Gasteiger partial charge in [-0.3, -0.25) is 29.0 Å². The average molecular weight is 438 g/mol. The molecule has 2 saturated carbocycles. The molecular weight excluding hydrogens is 412 g/mol. The van der Waals surface area contributed by atoms with E-state index in [9.17, 15) is 29.1 Å². The van der Waals surface area contributed by atoms with E-state index in [1.807, 2.05) is 12.2 Å². The molecule has 6 rings (SSSR count). The van der Waals surface area contributed by atoms with Crippen LogP contribution in [-0.2, 0) is 24.0 Å². The van der Waals surface area contributed by atoms with Crippen molar-refractivity contribution in [3.63, 3.8) is 0 Å². The first-order valence-electron chi connectivity index (χ1n) is 11.7. The summed E-state index contributed by atoms with van der Waals surface area (Å²) in [5.74, 6) is -2.98. The molecule has 0 radical (unpaired) electrons. The Balaban J connectivity index is 1.08. The van der Waals surface area contributed by atoms with E-state index in [0.717, 1.165) is 17.7 Å². The number of fused-ring (bicyclic) bond motifs is 10. The Kier molecular flexibility index (Phi) is 4.26. The van der Waals surface area contributed by atoms with E-state index in [0.29, 0.717) is 12.8 Å². The minimum absolute atomic E-state index is 0.0392. The number of imide groups is 2. The summed E-state index contributed by atoms with van der Waals surface area (Å²) in [6, 6.07) is -1.19. The molecule has 32 heavy (non-hydrogen) atoms. The molecule has 9 atom stereocenters. The van der Waals surface area contributed by atoms with Gasteiger partial charge < -0.3 is 5.11 Å². The van der Waals surface area contributed by atoms with Gasteiger partial charge in [-0.15, -0.1) is 0 Å². The van der Waals surface area contributed by atoms with E-state index >= 15 is 0 Å². The quantitative estimate of drug-likeness (QED) is 0.363. The highest BCUT2D eigenvalue weighted by atomic mass is 16.4. The number of carbonyl (C=O) groups is 5. The van der Waals surface area contributed by atoms with Crippen LogP contribution < -0.4 is 0 Å². The van der Waals surface area contributed by atoms with Gasteiger partial charge >= 0.3 is 5.97 Å². The first-order valence-corrected chi connectivity index (χ1v) is 11.7. The molecule has 4 fully saturated rings. The summed E-state index contributed by atoms with van der Waals surface area (Å²) in [5.41, 5.74) is 0. The van der Waals surface area contributed by atoms with Crippen LogP contribution in [0, 0.1) is 47.3 Å². The third kappa shape index (κ3) is 2.52. The van der Waals surface area contributed by atoms with Crippen molar-refractivity contribution in [2.24, 2.45) is 47.3 Å². The van der Waals surface area contributed by atoms with E-state index in [2.05, 4.69) is 12.2 Å². The Morgan fingerprint density at radius 3 is 1.66 bits per heavy atom. The minimum atomic E-state index is -1.19. The number of carbonyl (C=O) groups excluding carboxylic acids is 4. The Hall–Kier alpha value is -2.77. The highest BCUT2D eigenvalue weighted by Crippen LogP contribution is 2.54. The van der Waals surface area contributed by atoms with Gasteiger partial charge in [-0.25, -0.2) is 4.79 Å². The third-order valence-corrected chi connectivity index (χ3v) is 8.77. The highest BCUT2D eigenvalue weighted by Gasteiger charge is 2.61. The Labute approximate surface area is 185 Å². The molecule has 0 unspecified atom stereocenters. The van der Waals surface area contributed by atoms with Gasteiger partial charge in [0, 0.05) is 6.54 Å². The van der Waals surface area contributed by atoms with Gasteiger partial charge in [0.15, 0.2) is 0 Å². The van der Waals surface area contributed by atoms with E-state index in [1.165, 1.54) is 4.90 Å². The van der Waals surface area contributed by atoms with E-state index in [-0.39, 0.29) is 72.1 Å². The van der Waals surface area contributed by atoms with Crippen LogP contribution in [0.25, 0.3) is 0 Å². The molecule has 0 spiro atoms. The maximum Gasteiger partial charge on any atom is 0.326 e. The molecule has 0 aromatic heterocycles. The second kappa shape index (κ2) is 6.86. The lowest BCUT2D eigenvalue weighted by Crippen LogP contribution is -2.46. The number of carboxylic acids is 1. The fourth-order valence-electron chi connectivity index (χ4n) is 7.39. The number of rotatable bonds is 7. The number of likely N-dealkylation sites (tertiary alicyclic amines) is 2. The Morgan fingerprint density at radius 2 is 1.22 bits per heavy atom. The molecule has 6 aliphatic rings. The van der Waals surface area contributed by atoms with Crippen LogP contribution >= 0.6 is 0 Å². The number of carboxylic acid groups (broad SMARTS) is 1. The summed E-state index contributed by atoms with van der Waals surface area (Å²) in [7, 11) is 0. The van der Waals surface area contributed by atoms with Crippen LogP contribution in [0.1, 0.15) is 32.1 Å². The van der Waals surface area contributed by atoms with Gasteiger partial charge in [-0.2, -0.15) is 0 Å². The van der Waals surface area contributed by atoms with Crippen LogP contribution in [0.2, 0.25) is 0 Å². The maximum absolute atomic E-state index is 12.9. The molecule has 8 heteroatoms. The van der Waals surface area contributed by atoms with Gasteiger partial charge in [0.1, 0.15) is 6.04 Å². The summed E-state index contributed by atoms with van der Waals surface area (Å²) in [6.45, 7) is 0.262. The molecule has 0 aromatic rings. The van der Waals surface area contributed by atoms with Crippen molar-refractivity contribution in [2.45, 2.75) is 38.1 Å². The van der Waals surface area contributed by atoms with Crippen LogP contribution in [-0.4, -0.2) is 57.1 Å². The monoisotopic (exact) mass is 438 g/mol. The second-order valence-electron chi connectivity index (χ2n) is 10.2. The zero-order chi connectivity index (χ0) is 22.3. The largest absolute Gasteiger partial charge is 0.480 e. The van der Waals surface area contributed by atoms with Gasteiger partial charge in [0.25, 0.3) is 0 Å². The van der Waals surface area contributed by atoms with Gasteiger partial charge in [0.2, 0.25) is 23.6 Å². The van der Waals surface area contributed by atoms with Crippen molar-refractivity contribution < 1.29 is 29.1 Å². The van der Waals surface area contributed by atoms with Crippen molar-refractivity contribution in [1.82, 2.24) is 9.80 Å². The predicted molar refractivity (Wildman–Crippen MR) is 109 cm³/mol. The summed E-state index contributed by atoms with van der Waals surface area (Å²) in [5, 5.41) is 9.76. The molecule has 168 valence electrons. The van der Waals surface area contributed by atoms with Gasteiger partial charge in [0.05, 0.1) is 23.7 Å². The molecule has 8 nitrogen and oxygen atoms in total. The Bertz CT molecular complexity index is 940. The number of nitrogens with zero attached hydrogens (tertiary/aromatic N) is 2. The van der Waals surface area contributed by atoms with Crippen molar-refractivity contribution in [2.75, 3.05) is 6.54 Å². The molecular formula is C24H26N2O6. The molecule has 2 aliphatic heterocycles. The molecule has 2 heterocycles. The standard InChI is InChI=1S/C24H26N2O6/c27-20-16-11-4-5-12(9-11)17(16)21(28)25(20)8-2-1-3-15(24(31)32)26-22(29)18-13-6-7-14(10-13)19(18)23(26)30/h4-7,11-19H,1-3,8-10H2,(H,31,32)/t11-,12-,13-,14-,15-,16-,17+,18-,19+/m0/s1. The first kappa shape index (κ1) is 19.9. The zero-order valence-corrected chi connectivity index (χ0v) is 17.6. The van der Waals surface area contributed by atoms with Crippen LogP contribution in [0.5, 0.6) is 0 Å². The molecule has 4 amide bonds. The summed E-state index contributed by atoms with van der Waals surface area (Å²) >= 11 is 0. The first-order chi connectivity index (χ1) is 15.4. The number of hydrogen-bond donors (Lipinski definition) is 1. The summed E-state index contributed by atoms with van der Waals surface area (Å²) < 4.78 is 0.